The third-order valence-corrected chi connectivity index (χ3v) is 5.42. The van der Waals surface area contributed by atoms with Crippen LogP contribution in [-0.4, -0.2) is 31.6 Å². The number of halogens is 1. The Morgan fingerprint density at radius 1 is 1.39 bits per heavy atom. The Labute approximate surface area is 123 Å². The van der Waals surface area contributed by atoms with E-state index in [4.69, 9.17) is 0 Å². The second-order valence-corrected chi connectivity index (χ2v) is 6.72. The van der Waals surface area contributed by atoms with Crippen LogP contribution in [0.3, 0.4) is 0 Å². The molecule has 1 aliphatic rings. The van der Waals surface area contributed by atoms with E-state index in [2.05, 4.69) is 50.6 Å². The van der Waals surface area contributed by atoms with Crippen molar-refractivity contribution >= 4 is 33.4 Å². The minimum Gasteiger partial charge on any atom is -0.371 e. The average molecular weight is 329 g/mol. The van der Waals surface area contributed by atoms with Gasteiger partial charge in [-0.25, -0.2) is 0 Å². The molecule has 0 aliphatic carbocycles. The number of piperidine rings is 1. The van der Waals surface area contributed by atoms with Gasteiger partial charge in [0, 0.05) is 35.0 Å². The standard InChI is InChI=1S/C14H21BrN2S/c1-16-10-11-3-4-12(9-14(11)15)17-7-5-13(18-2)6-8-17/h3-4,9,13,16H,5-8,10H2,1-2H3. The number of benzene rings is 1. The van der Waals surface area contributed by atoms with E-state index >= 15 is 0 Å². The van der Waals surface area contributed by atoms with E-state index in [0.717, 1.165) is 11.8 Å². The summed E-state index contributed by atoms with van der Waals surface area (Å²) in [6.45, 7) is 3.28. The van der Waals surface area contributed by atoms with Gasteiger partial charge in [-0.1, -0.05) is 22.0 Å². The highest BCUT2D eigenvalue weighted by atomic mass is 79.9. The van der Waals surface area contributed by atoms with Gasteiger partial charge in [0.05, 0.1) is 0 Å². The van der Waals surface area contributed by atoms with Gasteiger partial charge in [-0.15, -0.1) is 0 Å². The van der Waals surface area contributed by atoms with E-state index in [0.29, 0.717) is 0 Å². The summed E-state index contributed by atoms with van der Waals surface area (Å²) in [4.78, 5) is 2.50. The molecule has 1 aliphatic heterocycles. The van der Waals surface area contributed by atoms with Gasteiger partial charge in [0.2, 0.25) is 0 Å². The Morgan fingerprint density at radius 2 is 2.11 bits per heavy atom. The monoisotopic (exact) mass is 328 g/mol. The topological polar surface area (TPSA) is 15.3 Å². The lowest BCUT2D eigenvalue weighted by Crippen LogP contribution is -2.34. The summed E-state index contributed by atoms with van der Waals surface area (Å²) in [5.74, 6) is 0. The van der Waals surface area contributed by atoms with Crippen LogP contribution < -0.4 is 10.2 Å². The van der Waals surface area contributed by atoms with Crippen molar-refractivity contribution in [1.29, 1.82) is 0 Å². The maximum atomic E-state index is 3.67. The molecule has 0 spiro atoms. The summed E-state index contributed by atoms with van der Waals surface area (Å²) >= 11 is 5.68. The van der Waals surface area contributed by atoms with Crippen LogP contribution in [0.4, 0.5) is 5.69 Å². The summed E-state index contributed by atoms with van der Waals surface area (Å²) in [5, 5.41) is 4.05. The Hall–Kier alpha value is -0.190. The number of rotatable bonds is 4. The lowest BCUT2D eigenvalue weighted by atomic mass is 10.1. The molecule has 1 saturated heterocycles. The molecule has 18 heavy (non-hydrogen) atoms. The van der Waals surface area contributed by atoms with E-state index in [1.54, 1.807) is 0 Å². The molecule has 2 nitrogen and oxygen atoms in total. The summed E-state index contributed by atoms with van der Waals surface area (Å²) in [7, 11) is 1.98. The highest BCUT2D eigenvalue weighted by Crippen LogP contribution is 2.28. The van der Waals surface area contributed by atoms with Gasteiger partial charge in [-0.3, -0.25) is 0 Å². The van der Waals surface area contributed by atoms with Crippen LogP contribution in [0, 0.1) is 0 Å². The fraction of sp³-hybridized carbons (Fsp3) is 0.571. The van der Waals surface area contributed by atoms with Crippen molar-refractivity contribution in [2.75, 3.05) is 31.3 Å². The molecule has 100 valence electrons. The molecule has 1 aromatic rings. The molecule has 0 aromatic heterocycles. The number of hydrogen-bond donors (Lipinski definition) is 1. The lowest BCUT2D eigenvalue weighted by Gasteiger charge is -2.33. The zero-order valence-electron chi connectivity index (χ0n) is 11.1. The molecule has 1 aromatic carbocycles. The second kappa shape index (κ2) is 6.83. The fourth-order valence-corrected chi connectivity index (χ4v) is 3.61. The predicted octanol–water partition coefficient (Wildman–Crippen LogP) is 3.50. The number of thioether (sulfide) groups is 1. The first-order valence-corrected chi connectivity index (χ1v) is 8.53. The van der Waals surface area contributed by atoms with Crippen LogP contribution in [0.2, 0.25) is 0 Å². The van der Waals surface area contributed by atoms with Gasteiger partial charge in [-0.05, 0) is 43.8 Å². The average Bonchev–Trinajstić information content (AvgIpc) is 2.41. The zero-order chi connectivity index (χ0) is 13.0. The summed E-state index contributed by atoms with van der Waals surface area (Å²) < 4.78 is 1.21. The van der Waals surface area contributed by atoms with Crippen LogP contribution >= 0.6 is 27.7 Å². The maximum absolute atomic E-state index is 3.67. The normalized spacial score (nSPS) is 17.2. The SMILES string of the molecule is CNCc1ccc(N2CCC(SC)CC2)cc1Br. The molecule has 1 N–H and O–H groups in total. The second-order valence-electron chi connectivity index (χ2n) is 4.73. The van der Waals surface area contributed by atoms with Gasteiger partial charge in [0.1, 0.15) is 0 Å². The third-order valence-electron chi connectivity index (χ3n) is 3.54. The largest absolute Gasteiger partial charge is 0.371 e. The number of nitrogens with one attached hydrogen (secondary N) is 1. The third kappa shape index (κ3) is 3.43. The Bertz CT molecular complexity index is 389. The van der Waals surface area contributed by atoms with Gasteiger partial charge in [0.25, 0.3) is 0 Å². The van der Waals surface area contributed by atoms with E-state index in [1.165, 1.54) is 41.7 Å². The molecule has 2 rings (SSSR count). The van der Waals surface area contributed by atoms with Crippen molar-refractivity contribution in [3.63, 3.8) is 0 Å². The summed E-state index contributed by atoms with van der Waals surface area (Å²) in [5.41, 5.74) is 2.67. The molecule has 0 amide bonds. The molecular formula is C14H21BrN2S. The molecular weight excluding hydrogens is 308 g/mol. The maximum Gasteiger partial charge on any atom is 0.0377 e. The van der Waals surface area contributed by atoms with E-state index < -0.39 is 0 Å². The Balaban J connectivity index is 2.03. The van der Waals surface area contributed by atoms with Crippen molar-refractivity contribution in [3.8, 4) is 0 Å². The highest BCUT2D eigenvalue weighted by Gasteiger charge is 2.18. The van der Waals surface area contributed by atoms with Crippen molar-refractivity contribution in [2.45, 2.75) is 24.6 Å². The first kappa shape index (κ1) is 14.2. The van der Waals surface area contributed by atoms with Crippen molar-refractivity contribution in [2.24, 2.45) is 0 Å². The molecule has 0 atom stereocenters. The van der Waals surface area contributed by atoms with E-state index in [9.17, 15) is 0 Å². The lowest BCUT2D eigenvalue weighted by molar-refractivity contribution is 0.591. The van der Waals surface area contributed by atoms with Crippen molar-refractivity contribution in [3.05, 3.63) is 28.2 Å². The smallest absolute Gasteiger partial charge is 0.0377 e. The zero-order valence-corrected chi connectivity index (χ0v) is 13.5. The molecule has 4 heteroatoms. The first-order valence-electron chi connectivity index (χ1n) is 6.45. The number of hydrogen-bond acceptors (Lipinski definition) is 3. The van der Waals surface area contributed by atoms with E-state index in [-0.39, 0.29) is 0 Å². The van der Waals surface area contributed by atoms with Gasteiger partial charge < -0.3 is 10.2 Å². The van der Waals surface area contributed by atoms with Crippen LogP contribution in [0.1, 0.15) is 18.4 Å². The predicted molar refractivity (Wildman–Crippen MR) is 85.7 cm³/mol. The van der Waals surface area contributed by atoms with Crippen molar-refractivity contribution < 1.29 is 0 Å². The number of nitrogens with zero attached hydrogens (tertiary/aromatic N) is 1. The minimum atomic E-state index is 0.855. The van der Waals surface area contributed by atoms with Crippen LogP contribution in [-0.2, 0) is 6.54 Å². The summed E-state index contributed by atoms with van der Waals surface area (Å²) in [6.07, 6.45) is 4.83. The van der Waals surface area contributed by atoms with Crippen LogP contribution in [0.5, 0.6) is 0 Å². The molecule has 0 unspecified atom stereocenters. The molecule has 0 radical (unpaired) electrons. The minimum absolute atomic E-state index is 0.855. The van der Waals surface area contributed by atoms with Gasteiger partial charge in [0.15, 0.2) is 0 Å². The highest BCUT2D eigenvalue weighted by molar-refractivity contribution is 9.10. The Kier molecular flexibility index (Phi) is 5.39. The van der Waals surface area contributed by atoms with Gasteiger partial charge in [-0.2, -0.15) is 11.8 Å². The van der Waals surface area contributed by atoms with Crippen LogP contribution in [0.25, 0.3) is 0 Å². The molecule has 1 heterocycles. The van der Waals surface area contributed by atoms with E-state index in [1.807, 2.05) is 18.8 Å². The first-order chi connectivity index (χ1) is 8.74. The number of anilines is 1. The van der Waals surface area contributed by atoms with Gasteiger partial charge >= 0.3 is 0 Å². The molecule has 0 bridgehead atoms. The quantitative estimate of drug-likeness (QED) is 0.910. The van der Waals surface area contributed by atoms with Crippen molar-refractivity contribution in [1.82, 2.24) is 5.32 Å². The summed E-state index contributed by atoms with van der Waals surface area (Å²) in [6, 6.07) is 6.72. The molecule has 0 saturated carbocycles. The molecule has 1 fully saturated rings. The van der Waals surface area contributed by atoms with Crippen LogP contribution in [0.15, 0.2) is 22.7 Å². The Morgan fingerprint density at radius 3 is 2.67 bits per heavy atom. The fourth-order valence-electron chi connectivity index (χ4n) is 2.42.